The van der Waals surface area contributed by atoms with Gasteiger partial charge in [-0.1, -0.05) is 19.3 Å². The SMILES string of the molecule is CCOC1(c2nc3c(s2)C(=O)CCC3)CCCCC1. The summed E-state index contributed by atoms with van der Waals surface area (Å²) < 4.78 is 6.11. The summed E-state index contributed by atoms with van der Waals surface area (Å²) in [4.78, 5) is 17.7. The first-order chi connectivity index (χ1) is 9.25. The Morgan fingerprint density at radius 2 is 2.00 bits per heavy atom. The van der Waals surface area contributed by atoms with E-state index in [0.717, 1.165) is 47.9 Å². The molecule has 2 aliphatic carbocycles. The zero-order chi connectivity index (χ0) is 13.3. The van der Waals surface area contributed by atoms with Crippen LogP contribution in [-0.2, 0) is 16.8 Å². The predicted molar refractivity (Wildman–Crippen MR) is 75.8 cm³/mol. The van der Waals surface area contributed by atoms with E-state index in [9.17, 15) is 4.79 Å². The molecule has 3 nitrogen and oxygen atoms in total. The van der Waals surface area contributed by atoms with E-state index in [1.54, 1.807) is 11.3 Å². The van der Waals surface area contributed by atoms with Gasteiger partial charge in [-0.15, -0.1) is 11.3 Å². The first-order valence-electron chi connectivity index (χ1n) is 7.42. The molecule has 0 N–H and O–H groups in total. The zero-order valence-corrected chi connectivity index (χ0v) is 12.4. The molecule has 0 radical (unpaired) electrons. The number of hydrogen-bond acceptors (Lipinski definition) is 4. The van der Waals surface area contributed by atoms with Crippen molar-refractivity contribution in [2.75, 3.05) is 6.61 Å². The van der Waals surface area contributed by atoms with E-state index in [-0.39, 0.29) is 11.4 Å². The van der Waals surface area contributed by atoms with Crippen molar-refractivity contribution in [1.29, 1.82) is 0 Å². The molecular formula is C15H21NO2S. The second-order valence-corrected chi connectivity index (χ2v) is 6.56. The molecule has 2 aliphatic rings. The van der Waals surface area contributed by atoms with Crippen molar-refractivity contribution in [3.8, 4) is 0 Å². The monoisotopic (exact) mass is 279 g/mol. The summed E-state index contributed by atoms with van der Waals surface area (Å²) in [5, 5.41) is 1.06. The Balaban J connectivity index is 1.96. The topological polar surface area (TPSA) is 39.2 Å². The van der Waals surface area contributed by atoms with Crippen LogP contribution in [0, 0.1) is 0 Å². The second-order valence-electron chi connectivity index (χ2n) is 5.56. The summed E-state index contributed by atoms with van der Waals surface area (Å²) in [6.45, 7) is 2.77. The molecule has 4 heteroatoms. The molecule has 0 amide bonds. The molecule has 0 bridgehead atoms. The van der Waals surface area contributed by atoms with Crippen LogP contribution in [0.5, 0.6) is 0 Å². The van der Waals surface area contributed by atoms with E-state index >= 15 is 0 Å². The van der Waals surface area contributed by atoms with Crippen molar-refractivity contribution in [3.63, 3.8) is 0 Å². The molecule has 19 heavy (non-hydrogen) atoms. The summed E-state index contributed by atoms with van der Waals surface area (Å²) in [6.07, 6.45) is 8.42. The highest BCUT2D eigenvalue weighted by Gasteiger charge is 2.39. The number of ketones is 1. The fraction of sp³-hybridized carbons (Fsp3) is 0.733. The smallest absolute Gasteiger partial charge is 0.174 e. The zero-order valence-electron chi connectivity index (χ0n) is 11.5. The Morgan fingerprint density at radius 1 is 1.21 bits per heavy atom. The molecule has 0 saturated heterocycles. The molecule has 1 aromatic heterocycles. The highest BCUT2D eigenvalue weighted by Crippen LogP contribution is 2.43. The van der Waals surface area contributed by atoms with Gasteiger partial charge >= 0.3 is 0 Å². The summed E-state index contributed by atoms with van der Waals surface area (Å²) in [5.74, 6) is 0.285. The van der Waals surface area contributed by atoms with E-state index in [4.69, 9.17) is 9.72 Å². The highest BCUT2D eigenvalue weighted by molar-refractivity contribution is 7.14. The summed E-state index contributed by atoms with van der Waals surface area (Å²) in [5.41, 5.74) is 0.829. The summed E-state index contributed by atoms with van der Waals surface area (Å²) in [7, 11) is 0. The summed E-state index contributed by atoms with van der Waals surface area (Å²) >= 11 is 1.60. The molecular weight excluding hydrogens is 258 g/mol. The van der Waals surface area contributed by atoms with Gasteiger partial charge < -0.3 is 4.74 Å². The Morgan fingerprint density at radius 3 is 2.68 bits per heavy atom. The molecule has 0 aromatic carbocycles. The number of Topliss-reactive ketones (excluding diaryl/α,β-unsaturated/α-hetero) is 1. The minimum absolute atomic E-state index is 0.199. The van der Waals surface area contributed by atoms with Crippen LogP contribution in [0.4, 0.5) is 0 Å². The van der Waals surface area contributed by atoms with Gasteiger partial charge in [0.1, 0.15) is 10.6 Å². The number of nitrogens with zero attached hydrogens (tertiary/aromatic N) is 1. The average molecular weight is 279 g/mol. The quantitative estimate of drug-likeness (QED) is 0.843. The Hall–Kier alpha value is -0.740. The van der Waals surface area contributed by atoms with Gasteiger partial charge in [-0.2, -0.15) is 0 Å². The molecule has 1 fully saturated rings. The minimum atomic E-state index is -0.199. The van der Waals surface area contributed by atoms with Crippen LogP contribution in [-0.4, -0.2) is 17.4 Å². The van der Waals surface area contributed by atoms with Gasteiger partial charge in [0.25, 0.3) is 0 Å². The lowest BCUT2D eigenvalue weighted by Crippen LogP contribution is -2.32. The second kappa shape index (κ2) is 5.33. The van der Waals surface area contributed by atoms with E-state index in [1.165, 1.54) is 19.3 Å². The van der Waals surface area contributed by atoms with Crippen molar-refractivity contribution in [1.82, 2.24) is 4.98 Å². The van der Waals surface area contributed by atoms with Gasteiger partial charge in [-0.25, -0.2) is 4.98 Å². The van der Waals surface area contributed by atoms with Crippen LogP contribution in [0.25, 0.3) is 0 Å². The first-order valence-corrected chi connectivity index (χ1v) is 8.24. The number of aromatic nitrogens is 1. The van der Waals surface area contributed by atoms with Crippen LogP contribution in [0.15, 0.2) is 0 Å². The Labute approximate surface area is 118 Å². The lowest BCUT2D eigenvalue weighted by atomic mass is 9.85. The minimum Gasteiger partial charge on any atom is -0.368 e. The molecule has 104 valence electrons. The van der Waals surface area contributed by atoms with Gasteiger partial charge in [-0.05, 0) is 32.6 Å². The fourth-order valence-electron chi connectivity index (χ4n) is 3.28. The molecule has 0 aliphatic heterocycles. The number of aryl methyl sites for hydroxylation is 1. The first kappa shape index (κ1) is 13.3. The third kappa shape index (κ3) is 2.36. The predicted octanol–water partition coefficient (Wildman–Crippen LogP) is 3.86. The van der Waals surface area contributed by atoms with E-state index in [2.05, 4.69) is 6.92 Å². The molecule has 0 unspecified atom stereocenters. The van der Waals surface area contributed by atoms with E-state index < -0.39 is 0 Å². The van der Waals surface area contributed by atoms with Crippen LogP contribution >= 0.6 is 11.3 Å². The number of hydrogen-bond donors (Lipinski definition) is 0. The van der Waals surface area contributed by atoms with Crippen LogP contribution in [0.1, 0.15) is 72.2 Å². The number of carbonyl (C=O) groups excluding carboxylic acids is 1. The maximum absolute atomic E-state index is 12.0. The van der Waals surface area contributed by atoms with Gasteiger partial charge in [-0.3, -0.25) is 4.79 Å². The van der Waals surface area contributed by atoms with E-state index in [1.807, 2.05) is 0 Å². The molecule has 0 spiro atoms. The summed E-state index contributed by atoms with van der Waals surface area (Å²) in [6, 6.07) is 0. The highest BCUT2D eigenvalue weighted by atomic mass is 32.1. The third-order valence-electron chi connectivity index (χ3n) is 4.24. The van der Waals surface area contributed by atoms with E-state index in [0.29, 0.717) is 6.42 Å². The van der Waals surface area contributed by atoms with Gasteiger partial charge in [0, 0.05) is 13.0 Å². The van der Waals surface area contributed by atoms with Crippen molar-refractivity contribution in [2.24, 2.45) is 0 Å². The molecule has 1 saturated carbocycles. The third-order valence-corrected chi connectivity index (χ3v) is 5.56. The number of thiazole rings is 1. The maximum atomic E-state index is 12.0. The average Bonchev–Trinajstić information content (AvgIpc) is 2.86. The van der Waals surface area contributed by atoms with Crippen LogP contribution in [0.3, 0.4) is 0 Å². The fourth-order valence-corrected chi connectivity index (χ4v) is 4.56. The molecule has 0 atom stereocenters. The number of fused-ring (bicyclic) bond motifs is 1. The number of ether oxygens (including phenoxy) is 1. The van der Waals surface area contributed by atoms with Crippen molar-refractivity contribution >= 4 is 17.1 Å². The maximum Gasteiger partial charge on any atom is 0.174 e. The van der Waals surface area contributed by atoms with Crippen molar-refractivity contribution < 1.29 is 9.53 Å². The Bertz CT molecular complexity index is 469. The van der Waals surface area contributed by atoms with Gasteiger partial charge in [0.2, 0.25) is 0 Å². The molecule has 1 heterocycles. The Kier molecular flexibility index (Phi) is 3.72. The van der Waals surface area contributed by atoms with Crippen LogP contribution in [0.2, 0.25) is 0 Å². The largest absolute Gasteiger partial charge is 0.368 e. The number of rotatable bonds is 3. The molecule has 1 aromatic rings. The number of carbonyl (C=O) groups is 1. The lowest BCUT2D eigenvalue weighted by molar-refractivity contribution is -0.0705. The standard InChI is InChI=1S/C15H21NO2S/c1-2-18-15(9-4-3-5-10-15)14-16-11-7-6-8-12(17)13(11)19-14/h2-10H2,1H3. The van der Waals surface area contributed by atoms with Gasteiger partial charge in [0.05, 0.1) is 10.6 Å². The molecule has 3 rings (SSSR count). The normalized spacial score (nSPS) is 22.3. The van der Waals surface area contributed by atoms with Gasteiger partial charge in [0.15, 0.2) is 5.78 Å². The van der Waals surface area contributed by atoms with Crippen LogP contribution < -0.4 is 0 Å². The lowest BCUT2D eigenvalue weighted by Gasteiger charge is -2.35. The van der Waals surface area contributed by atoms with Crippen molar-refractivity contribution in [2.45, 2.75) is 63.9 Å². The van der Waals surface area contributed by atoms with Crippen molar-refractivity contribution in [3.05, 3.63) is 15.6 Å².